The van der Waals surface area contributed by atoms with Crippen LogP contribution in [0.25, 0.3) is 0 Å². The molecule has 0 radical (unpaired) electrons. The van der Waals surface area contributed by atoms with E-state index in [0.717, 1.165) is 0 Å². The zero-order chi connectivity index (χ0) is 9.61. The summed E-state index contributed by atoms with van der Waals surface area (Å²) in [7, 11) is 0. The molecule has 0 aliphatic heterocycles. The van der Waals surface area contributed by atoms with Gasteiger partial charge in [-0.3, -0.25) is 9.63 Å². The van der Waals surface area contributed by atoms with Gasteiger partial charge < -0.3 is 10.8 Å². The van der Waals surface area contributed by atoms with Gasteiger partial charge in [0, 0.05) is 6.54 Å². The number of nitrogens with two attached hydrogens (primary N) is 1. The number of rotatable bonds is 6. The van der Waals surface area contributed by atoms with Gasteiger partial charge in [0.1, 0.15) is 6.61 Å². The minimum atomic E-state index is -0.808. The lowest BCUT2D eigenvalue weighted by Crippen LogP contribution is -2.38. The molecule has 0 fully saturated rings. The monoisotopic (exact) mass is 176 g/mol. The van der Waals surface area contributed by atoms with Crippen molar-refractivity contribution in [3.8, 4) is 0 Å². The molecular formula is C7H16N2O3. The predicted molar refractivity (Wildman–Crippen MR) is 44.1 cm³/mol. The molecule has 1 atom stereocenters. The average molecular weight is 176 g/mol. The third-order valence-electron chi connectivity index (χ3n) is 1.53. The fraction of sp³-hybridized carbons (Fsp3) is 0.857. The van der Waals surface area contributed by atoms with Crippen molar-refractivity contribution < 1.29 is 14.7 Å². The molecule has 0 saturated heterocycles. The van der Waals surface area contributed by atoms with Gasteiger partial charge in [0.15, 0.2) is 0 Å². The van der Waals surface area contributed by atoms with E-state index in [1.54, 1.807) is 6.92 Å². The number of amides is 1. The smallest absolute Gasteiger partial charge is 0.245 e. The lowest BCUT2D eigenvalue weighted by atomic mass is 10.1. The number of nitrogens with one attached hydrogen (secondary N) is 1. The quantitative estimate of drug-likeness (QED) is 0.363. The van der Waals surface area contributed by atoms with Crippen LogP contribution in [0.4, 0.5) is 0 Å². The SMILES string of the molecule is CCC(C)(O)CNOCC(N)=O. The molecule has 0 aliphatic carbocycles. The summed E-state index contributed by atoms with van der Waals surface area (Å²) < 4.78 is 0. The standard InChI is InChI=1S/C7H16N2O3/c1-3-7(2,11)5-9-12-4-6(8)10/h9,11H,3-5H2,1-2H3,(H2,8,10). The van der Waals surface area contributed by atoms with Gasteiger partial charge in [-0.15, -0.1) is 0 Å². The molecule has 4 N–H and O–H groups in total. The van der Waals surface area contributed by atoms with Gasteiger partial charge in [-0.2, -0.15) is 5.48 Å². The van der Waals surface area contributed by atoms with Crippen molar-refractivity contribution >= 4 is 5.91 Å². The summed E-state index contributed by atoms with van der Waals surface area (Å²) in [4.78, 5) is 14.8. The van der Waals surface area contributed by atoms with E-state index >= 15 is 0 Å². The first-order valence-electron chi connectivity index (χ1n) is 3.83. The molecule has 0 aromatic carbocycles. The van der Waals surface area contributed by atoms with E-state index < -0.39 is 11.5 Å². The van der Waals surface area contributed by atoms with Gasteiger partial charge in [0.05, 0.1) is 5.60 Å². The van der Waals surface area contributed by atoms with Gasteiger partial charge in [-0.05, 0) is 13.3 Å². The second-order valence-electron chi connectivity index (χ2n) is 2.93. The number of hydrogen-bond acceptors (Lipinski definition) is 4. The zero-order valence-corrected chi connectivity index (χ0v) is 7.46. The van der Waals surface area contributed by atoms with Crippen LogP contribution in [0.1, 0.15) is 20.3 Å². The maximum atomic E-state index is 10.2. The molecule has 0 spiro atoms. The molecule has 12 heavy (non-hydrogen) atoms. The van der Waals surface area contributed by atoms with Gasteiger partial charge in [-0.25, -0.2) is 0 Å². The fourth-order valence-electron chi connectivity index (χ4n) is 0.454. The summed E-state index contributed by atoms with van der Waals surface area (Å²) >= 11 is 0. The lowest BCUT2D eigenvalue weighted by molar-refractivity contribution is -0.126. The topological polar surface area (TPSA) is 84.6 Å². The summed E-state index contributed by atoms with van der Waals surface area (Å²) in [5, 5.41) is 9.43. The van der Waals surface area contributed by atoms with Crippen molar-refractivity contribution in [3.63, 3.8) is 0 Å². The van der Waals surface area contributed by atoms with Gasteiger partial charge in [0.25, 0.3) is 0 Å². The van der Waals surface area contributed by atoms with E-state index in [9.17, 15) is 9.90 Å². The third-order valence-corrected chi connectivity index (χ3v) is 1.53. The van der Waals surface area contributed by atoms with E-state index in [-0.39, 0.29) is 13.2 Å². The number of aliphatic hydroxyl groups is 1. The van der Waals surface area contributed by atoms with Crippen LogP contribution >= 0.6 is 0 Å². The average Bonchev–Trinajstić information content (AvgIpc) is 1.98. The first kappa shape index (κ1) is 11.4. The van der Waals surface area contributed by atoms with Crippen molar-refractivity contribution in [1.82, 2.24) is 5.48 Å². The summed E-state index contributed by atoms with van der Waals surface area (Å²) in [6, 6.07) is 0. The highest BCUT2D eigenvalue weighted by atomic mass is 16.6. The molecule has 0 aliphatic rings. The molecule has 1 unspecified atom stereocenters. The minimum absolute atomic E-state index is 0.181. The number of hydroxylamine groups is 1. The largest absolute Gasteiger partial charge is 0.389 e. The second kappa shape index (κ2) is 5.08. The predicted octanol–water partition coefficient (Wildman–Crippen LogP) is -0.846. The Morgan fingerprint density at radius 1 is 1.75 bits per heavy atom. The van der Waals surface area contributed by atoms with Crippen molar-refractivity contribution in [2.45, 2.75) is 25.9 Å². The second-order valence-corrected chi connectivity index (χ2v) is 2.93. The lowest BCUT2D eigenvalue weighted by Gasteiger charge is -2.20. The van der Waals surface area contributed by atoms with Crippen LogP contribution in [0, 0.1) is 0 Å². The molecule has 72 valence electrons. The molecule has 0 rings (SSSR count). The highest BCUT2D eigenvalue weighted by molar-refractivity contribution is 5.74. The van der Waals surface area contributed by atoms with E-state index in [0.29, 0.717) is 6.42 Å². The maximum Gasteiger partial charge on any atom is 0.245 e. The first-order chi connectivity index (χ1) is 5.48. The Hall–Kier alpha value is -0.650. The Bertz CT molecular complexity index is 148. The summed E-state index contributed by atoms with van der Waals surface area (Å²) in [6.07, 6.45) is 0.611. The Kier molecular flexibility index (Phi) is 4.80. The van der Waals surface area contributed by atoms with E-state index in [1.807, 2.05) is 6.92 Å². The normalized spacial score (nSPS) is 15.6. The van der Waals surface area contributed by atoms with Crippen molar-refractivity contribution in [2.75, 3.05) is 13.2 Å². The Labute approximate surface area is 71.8 Å². The summed E-state index contributed by atoms with van der Waals surface area (Å²) in [5.41, 5.74) is 6.46. The highest BCUT2D eigenvalue weighted by Gasteiger charge is 2.16. The van der Waals surface area contributed by atoms with Gasteiger partial charge >= 0.3 is 0 Å². The minimum Gasteiger partial charge on any atom is -0.389 e. The number of carbonyl (C=O) groups is 1. The van der Waals surface area contributed by atoms with Crippen LogP contribution in [0.2, 0.25) is 0 Å². The Morgan fingerprint density at radius 3 is 2.75 bits per heavy atom. The van der Waals surface area contributed by atoms with E-state index in [2.05, 4.69) is 10.3 Å². The Morgan fingerprint density at radius 2 is 2.33 bits per heavy atom. The van der Waals surface area contributed by atoms with Gasteiger partial charge in [-0.1, -0.05) is 6.92 Å². The molecule has 0 aromatic heterocycles. The molecule has 1 amide bonds. The van der Waals surface area contributed by atoms with Crippen molar-refractivity contribution in [3.05, 3.63) is 0 Å². The van der Waals surface area contributed by atoms with Crippen LogP contribution in [0.15, 0.2) is 0 Å². The summed E-state index contributed by atoms with van der Waals surface area (Å²) in [5.74, 6) is -0.543. The molecule has 0 heterocycles. The highest BCUT2D eigenvalue weighted by Crippen LogP contribution is 2.05. The first-order valence-corrected chi connectivity index (χ1v) is 3.83. The van der Waals surface area contributed by atoms with Crippen LogP contribution < -0.4 is 11.2 Å². The molecule has 0 bridgehead atoms. The van der Waals surface area contributed by atoms with Gasteiger partial charge in [0.2, 0.25) is 5.91 Å². The van der Waals surface area contributed by atoms with Crippen LogP contribution in [-0.4, -0.2) is 29.8 Å². The molecule has 5 nitrogen and oxygen atoms in total. The van der Waals surface area contributed by atoms with Crippen molar-refractivity contribution in [2.24, 2.45) is 5.73 Å². The van der Waals surface area contributed by atoms with E-state index in [4.69, 9.17) is 5.73 Å². The number of hydrogen-bond donors (Lipinski definition) is 3. The molecule has 0 saturated carbocycles. The Balaban J connectivity index is 3.37. The maximum absolute atomic E-state index is 10.2. The number of carbonyl (C=O) groups excluding carboxylic acids is 1. The van der Waals surface area contributed by atoms with Crippen LogP contribution in [0.3, 0.4) is 0 Å². The van der Waals surface area contributed by atoms with Crippen molar-refractivity contribution in [1.29, 1.82) is 0 Å². The third kappa shape index (κ3) is 6.09. The molecule has 0 aromatic rings. The zero-order valence-electron chi connectivity index (χ0n) is 7.46. The molecule has 5 heteroatoms. The fourth-order valence-corrected chi connectivity index (χ4v) is 0.454. The summed E-state index contributed by atoms with van der Waals surface area (Å²) in [6.45, 7) is 3.62. The number of primary amides is 1. The molecular weight excluding hydrogens is 160 g/mol. The van der Waals surface area contributed by atoms with Crippen LogP contribution in [-0.2, 0) is 9.63 Å². The van der Waals surface area contributed by atoms with Crippen LogP contribution in [0.5, 0.6) is 0 Å². The van der Waals surface area contributed by atoms with E-state index in [1.165, 1.54) is 0 Å².